The molecule has 2 unspecified atom stereocenters. The van der Waals surface area contributed by atoms with Crippen LogP contribution in [0, 0.1) is 5.92 Å². The van der Waals surface area contributed by atoms with Gasteiger partial charge >= 0.3 is 5.63 Å². The average molecular weight is 433 g/mol. The molecule has 5 rings (SSSR count). The normalized spacial score (nSPS) is 21.7. The third-order valence-electron chi connectivity index (χ3n) is 7.27. The summed E-state index contributed by atoms with van der Waals surface area (Å²) in [6, 6.07) is 15.7. The van der Waals surface area contributed by atoms with Crippen molar-refractivity contribution in [3.05, 3.63) is 64.5 Å². The number of rotatable bonds is 5. The van der Waals surface area contributed by atoms with Crippen molar-refractivity contribution in [3.63, 3.8) is 0 Å². The molecule has 32 heavy (non-hydrogen) atoms. The van der Waals surface area contributed by atoms with Gasteiger partial charge in [0.1, 0.15) is 11.3 Å². The number of benzene rings is 2. The van der Waals surface area contributed by atoms with Gasteiger partial charge in [-0.05, 0) is 75.5 Å². The molecule has 0 spiro atoms. The van der Waals surface area contributed by atoms with E-state index in [0.29, 0.717) is 35.2 Å². The SMILES string of the molecule is CN(Cc1c(O)ccc2cc(-c3ccccc3)c(=O)oc12)CC1CCCN2CCCCC12. The summed E-state index contributed by atoms with van der Waals surface area (Å²) in [7, 11) is 2.11. The predicted octanol–water partition coefficient (Wildman–Crippen LogP) is 4.86. The first kappa shape index (κ1) is 21.2. The Bertz CT molecular complexity index is 1140. The van der Waals surface area contributed by atoms with Crippen molar-refractivity contribution in [2.24, 2.45) is 5.92 Å². The summed E-state index contributed by atoms with van der Waals surface area (Å²) in [5.41, 5.74) is 2.19. The second-order valence-electron chi connectivity index (χ2n) is 9.49. The summed E-state index contributed by atoms with van der Waals surface area (Å²) in [5, 5.41) is 11.5. The third-order valence-corrected chi connectivity index (χ3v) is 7.27. The lowest BCUT2D eigenvalue weighted by Crippen LogP contribution is -2.50. The highest BCUT2D eigenvalue weighted by Crippen LogP contribution is 2.33. The van der Waals surface area contributed by atoms with Gasteiger partial charge in [0.25, 0.3) is 0 Å². The van der Waals surface area contributed by atoms with Crippen molar-refractivity contribution in [1.82, 2.24) is 9.80 Å². The Kier molecular flexibility index (Phi) is 6.03. The molecular weight excluding hydrogens is 400 g/mol. The Morgan fingerprint density at radius 1 is 1.06 bits per heavy atom. The molecule has 1 N–H and O–H groups in total. The first-order valence-corrected chi connectivity index (χ1v) is 11.9. The van der Waals surface area contributed by atoms with E-state index in [1.807, 2.05) is 42.5 Å². The highest BCUT2D eigenvalue weighted by Gasteiger charge is 2.33. The van der Waals surface area contributed by atoms with Crippen LogP contribution >= 0.6 is 0 Å². The van der Waals surface area contributed by atoms with Gasteiger partial charge in [-0.3, -0.25) is 0 Å². The minimum Gasteiger partial charge on any atom is -0.507 e. The summed E-state index contributed by atoms with van der Waals surface area (Å²) in [4.78, 5) is 17.8. The molecule has 2 saturated heterocycles. The van der Waals surface area contributed by atoms with Crippen LogP contribution in [-0.4, -0.2) is 47.6 Å². The van der Waals surface area contributed by atoms with Crippen LogP contribution in [0.1, 0.15) is 37.7 Å². The lowest BCUT2D eigenvalue weighted by molar-refractivity contribution is 0.0434. The van der Waals surface area contributed by atoms with E-state index in [1.165, 1.54) is 45.2 Å². The van der Waals surface area contributed by atoms with Crippen LogP contribution in [0.2, 0.25) is 0 Å². The van der Waals surface area contributed by atoms with Gasteiger partial charge in [0.2, 0.25) is 0 Å². The molecule has 1 aromatic heterocycles. The second-order valence-corrected chi connectivity index (χ2v) is 9.49. The maximum atomic E-state index is 12.8. The summed E-state index contributed by atoms with van der Waals surface area (Å²) in [6.07, 6.45) is 6.50. The lowest BCUT2D eigenvalue weighted by Gasteiger charge is -2.45. The first-order valence-electron chi connectivity index (χ1n) is 11.9. The topological polar surface area (TPSA) is 56.9 Å². The van der Waals surface area contributed by atoms with E-state index < -0.39 is 0 Å². The van der Waals surface area contributed by atoms with Crippen molar-refractivity contribution in [2.45, 2.75) is 44.7 Å². The van der Waals surface area contributed by atoms with Gasteiger partial charge in [0.05, 0.1) is 11.1 Å². The Morgan fingerprint density at radius 3 is 2.72 bits per heavy atom. The zero-order chi connectivity index (χ0) is 22.1. The lowest BCUT2D eigenvalue weighted by atomic mass is 9.83. The maximum Gasteiger partial charge on any atom is 0.344 e. The van der Waals surface area contributed by atoms with Crippen molar-refractivity contribution >= 4 is 11.0 Å². The molecule has 5 nitrogen and oxygen atoms in total. The smallest absolute Gasteiger partial charge is 0.344 e. The molecule has 2 atom stereocenters. The molecule has 0 bridgehead atoms. The average Bonchev–Trinajstić information content (AvgIpc) is 2.82. The first-order chi connectivity index (χ1) is 15.6. The standard InChI is InChI=1S/C27H32N2O3/c1-28(17-21-10-7-15-29-14-6-5-11-24(21)29)18-23-25(30)13-12-20-16-22(27(31)32-26(20)23)19-8-3-2-4-9-19/h2-4,8-9,12-13,16,21,24,30H,5-7,10-11,14-15,17-18H2,1H3. The molecule has 2 aromatic carbocycles. The highest BCUT2D eigenvalue weighted by molar-refractivity contribution is 5.85. The largest absolute Gasteiger partial charge is 0.507 e. The van der Waals surface area contributed by atoms with Gasteiger partial charge in [-0.25, -0.2) is 4.79 Å². The van der Waals surface area contributed by atoms with Crippen LogP contribution in [0.3, 0.4) is 0 Å². The molecule has 0 radical (unpaired) electrons. The Hall–Kier alpha value is -2.63. The van der Waals surface area contributed by atoms with Gasteiger partial charge in [-0.1, -0.05) is 36.8 Å². The van der Waals surface area contributed by atoms with E-state index in [4.69, 9.17) is 4.42 Å². The van der Waals surface area contributed by atoms with Crippen LogP contribution in [0.15, 0.2) is 57.7 Å². The molecule has 0 aliphatic carbocycles. The monoisotopic (exact) mass is 432 g/mol. The predicted molar refractivity (Wildman–Crippen MR) is 128 cm³/mol. The summed E-state index contributed by atoms with van der Waals surface area (Å²) in [5.74, 6) is 0.839. The Balaban J connectivity index is 1.40. The van der Waals surface area contributed by atoms with E-state index >= 15 is 0 Å². The molecule has 3 aromatic rings. The summed E-state index contributed by atoms with van der Waals surface area (Å²) in [6.45, 7) is 4.02. The molecular formula is C27H32N2O3. The fourth-order valence-corrected chi connectivity index (χ4v) is 5.73. The van der Waals surface area contributed by atoms with Gasteiger partial charge in [-0.15, -0.1) is 0 Å². The number of hydrogen-bond acceptors (Lipinski definition) is 5. The molecule has 168 valence electrons. The maximum absolute atomic E-state index is 12.8. The minimum atomic E-state index is -0.372. The van der Waals surface area contributed by atoms with Crippen molar-refractivity contribution in [3.8, 4) is 16.9 Å². The fourth-order valence-electron chi connectivity index (χ4n) is 5.73. The molecule has 2 aliphatic rings. The van der Waals surface area contributed by atoms with Crippen LogP contribution < -0.4 is 5.63 Å². The zero-order valence-corrected chi connectivity index (χ0v) is 18.8. The van der Waals surface area contributed by atoms with Crippen LogP contribution in [-0.2, 0) is 6.54 Å². The number of phenols is 1. The molecule has 2 fully saturated rings. The Labute approximate surface area is 189 Å². The van der Waals surface area contributed by atoms with Gasteiger partial charge in [0, 0.05) is 24.5 Å². The molecule has 2 aliphatic heterocycles. The molecule has 0 amide bonds. The molecule has 0 saturated carbocycles. The molecule has 5 heteroatoms. The minimum absolute atomic E-state index is 0.183. The van der Waals surface area contributed by atoms with Crippen LogP contribution in [0.5, 0.6) is 5.75 Å². The number of hydrogen-bond donors (Lipinski definition) is 1. The van der Waals surface area contributed by atoms with Gasteiger partial charge in [-0.2, -0.15) is 0 Å². The Morgan fingerprint density at radius 2 is 1.88 bits per heavy atom. The fraction of sp³-hybridized carbons (Fsp3) is 0.444. The van der Waals surface area contributed by atoms with Crippen molar-refractivity contribution in [1.29, 1.82) is 0 Å². The van der Waals surface area contributed by atoms with E-state index in [9.17, 15) is 9.90 Å². The van der Waals surface area contributed by atoms with Crippen LogP contribution in [0.25, 0.3) is 22.1 Å². The van der Waals surface area contributed by atoms with E-state index in [0.717, 1.165) is 17.5 Å². The van der Waals surface area contributed by atoms with Crippen molar-refractivity contribution < 1.29 is 9.52 Å². The summed E-state index contributed by atoms with van der Waals surface area (Å²) >= 11 is 0. The second kappa shape index (κ2) is 9.08. The third kappa shape index (κ3) is 4.19. The number of phenolic OH excluding ortho intramolecular Hbond substituents is 1. The van der Waals surface area contributed by atoms with E-state index in [2.05, 4.69) is 16.8 Å². The summed E-state index contributed by atoms with van der Waals surface area (Å²) < 4.78 is 5.79. The number of piperidine rings is 2. The van der Waals surface area contributed by atoms with Crippen molar-refractivity contribution in [2.75, 3.05) is 26.7 Å². The van der Waals surface area contributed by atoms with E-state index in [-0.39, 0.29) is 11.4 Å². The molecule has 3 heterocycles. The van der Waals surface area contributed by atoms with Gasteiger partial charge < -0.3 is 19.3 Å². The van der Waals surface area contributed by atoms with E-state index in [1.54, 1.807) is 6.07 Å². The van der Waals surface area contributed by atoms with Gasteiger partial charge in [0.15, 0.2) is 0 Å². The number of fused-ring (bicyclic) bond motifs is 2. The quantitative estimate of drug-likeness (QED) is 0.584. The number of nitrogens with zero attached hydrogens (tertiary/aromatic N) is 2. The zero-order valence-electron chi connectivity index (χ0n) is 18.8. The van der Waals surface area contributed by atoms with Crippen LogP contribution in [0.4, 0.5) is 0 Å². The number of aromatic hydroxyl groups is 1. The highest BCUT2D eigenvalue weighted by atomic mass is 16.4.